The lowest BCUT2D eigenvalue weighted by atomic mass is 10.2. The highest BCUT2D eigenvalue weighted by molar-refractivity contribution is 7.89. The SMILES string of the molecule is CCC(N)CNS(=O)(=O)CCCC(=O)OC. The van der Waals surface area contributed by atoms with Crippen LogP contribution in [0, 0.1) is 0 Å². The average Bonchev–Trinajstić information content (AvgIpc) is 2.25. The van der Waals surface area contributed by atoms with Crippen molar-refractivity contribution >= 4 is 16.0 Å². The zero-order valence-electron chi connectivity index (χ0n) is 9.73. The van der Waals surface area contributed by atoms with Crippen molar-refractivity contribution in [3.05, 3.63) is 0 Å². The van der Waals surface area contributed by atoms with E-state index >= 15 is 0 Å². The second-order valence-electron chi connectivity index (χ2n) is 3.52. The summed E-state index contributed by atoms with van der Waals surface area (Å²) in [5.74, 6) is -0.487. The Morgan fingerprint density at radius 2 is 2.12 bits per heavy atom. The molecule has 0 aliphatic rings. The van der Waals surface area contributed by atoms with Crippen LogP contribution in [0.3, 0.4) is 0 Å². The van der Waals surface area contributed by atoms with Crippen molar-refractivity contribution in [1.82, 2.24) is 4.72 Å². The number of nitrogens with one attached hydrogen (secondary N) is 1. The van der Waals surface area contributed by atoms with Crippen molar-refractivity contribution in [3.63, 3.8) is 0 Å². The van der Waals surface area contributed by atoms with Crippen LogP contribution >= 0.6 is 0 Å². The van der Waals surface area contributed by atoms with Gasteiger partial charge < -0.3 is 10.5 Å². The second-order valence-corrected chi connectivity index (χ2v) is 5.44. The summed E-state index contributed by atoms with van der Waals surface area (Å²) < 4.78 is 29.6. The van der Waals surface area contributed by atoms with Crippen LogP contribution in [0.2, 0.25) is 0 Å². The highest BCUT2D eigenvalue weighted by atomic mass is 32.2. The molecule has 16 heavy (non-hydrogen) atoms. The van der Waals surface area contributed by atoms with E-state index in [1.807, 2.05) is 6.92 Å². The number of ether oxygens (including phenoxy) is 1. The van der Waals surface area contributed by atoms with Gasteiger partial charge in [0.1, 0.15) is 0 Å². The van der Waals surface area contributed by atoms with Crippen molar-refractivity contribution in [2.75, 3.05) is 19.4 Å². The van der Waals surface area contributed by atoms with Gasteiger partial charge in [0.05, 0.1) is 12.9 Å². The molecule has 0 saturated heterocycles. The molecule has 0 rings (SSSR count). The van der Waals surface area contributed by atoms with E-state index < -0.39 is 16.0 Å². The summed E-state index contributed by atoms with van der Waals surface area (Å²) in [5, 5.41) is 0. The van der Waals surface area contributed by atoms with E-state index in [-0.39, 0.29) is 31.2 Å². The molecule has 0 aliphatic heterocycles. The number of carbonyl (C=O) groups is 1. The van der Waals surface area contributed by atoms with Gasteiger partial charge in [0.25, 0.3) is 0 Å². The van der Waals surface area contributed by atoms with Gasteiger partial charge >= 0.3 is 5.97 Å². The molecule has 0 aromatic carbocycles. The number of nitrogens with two attached hydrogens (primary N) is 1. The van der Waals surface area contributed by atoms with E-state index in [0.29, 0.717) is 6.42 Å². The van der Waals surface area contributed by atoms with Crippen LogP contribution in [0.25, 0.3) is 0 Å². The van der Waals surface area contributed by atoms with Gasteiger partial charge in [-0.25, -0.2) is 13.1 Å². The maximum Gasteiger partial charge on any atom is 0.305 e. The van der Waals surface area contributed by atoms with Crippen molar-refractivity contribution in [1.29, 1.82) is 0 Å². The molecule has 7 heteroatoms. The Morgan fingerprint density at radius 3 is 2.62 bits per heavy atom. The number of esters is 1. The van der Waals surface area contributed by atoms with Crippen molar-refractivity contribution in [2.24, 2.45) is 5.73 Å². The number of hydrogen-bond donors (Lipinski definition) is 2. The van der Waals surface area contributed by atoms with E-state index in [9.17, 15) is 13.2 Å². The molecule has 0 heterocycles. The molecule has 0 spiro atoms. The lowest BCUT2D eigenvalue weighted by Crippen LogP contribution is -2.37. The molecule has 0 radical (unpaired) electrons. The molecule has 0 saturated carbocycles. The Labute approximate surface area is 96.6 Å². The topological polar surface area (TPSA) is 98.5 Å². The Morgan fingerprint density at radius 1 is 1.50 bits per heavy atom. The zero-order valence-corrected chi connectivity index (χ0v) is 10.5. The summed E-state index contributed by atoms with van der Waals surface area (Å²) in [6, 6.07) is -0.171. The second kappa shape index (κ2) is 7.59. The minimum Gasteiger partial charge on any atom is -0.469 e. The van der Waals surface area contributed by atoms with Crippen LogP contribution in [-0.4, -0.2) is 39.8 Å². The third-order valence-corrected chi connectivity index (χ3v) is 3.54. The largest absolute Gasteiger partial charge is 0.469 e. The van der Waals surface area contributed by atoms with Gasteiger partial charge in [-0.3, -0.25) is 4.79 Å². The van der Waals surface area contributed by atoms with Gasteiger partial charge in [-0.1, -0.05) is 6.92 Å². The molecule has 3 N–H and O–H groups in total. The highest BCUT2D eigenvalue weighted by Crippen LogP contribution is 1.97. The Balaban J connectivity index is 3.83. The Bertz CT molecular complexity index is 303. The molecule has 0 fully saturated rings. The number of carbonyl (C=O) groups excluding carboxylic acids is 1. The normalized spacial score (nSPS) is 13.4. The van der Waals surface area contributed by atoms with Crippen LogP contribution < -0.4 is 10.5 Å². The maximum absolute atomic E-state index is 11.4. The van der Waals surface area contributed by atoms with Crippen LogP contribution in [-0.2, 0) is 19.6 Å². The van der Waals surface area contributed by atoms with Crippen molar-refractivity contribution in [3.8, 4) is 0 Å². The molecule has 1 unspecified atom stereocenters. The van der Waals surface area contributed by atoms with E-state index in [1.54, 1.807) is 0 Å². The molecule has 6 nitrogen and oxygen atoms in total. The first-order chi connectivity index (χ1) is 7.41. The predicted molar refractivity (Wildman–Crippen MR) is 61.3 cm³/mol. The third kappa shape index (κ3) is 7.61. The molecule has 0 aliphatic carbocycles. The van der Waals surface area contributed by atoms with Gasteiger partial charge in [0.2, 0.25) is 10.0 Å². The molecular weight excluding hydrogens is 232 g/mol. The van der Waals surface area contributed by atoms with Gasteiger partial charge in [0, 0.05) is 19.0 Å². The number of methoxy groups -OCH3 is 1. The van der Waals surface area contributed by atoms with E-state index in [0.717, 1.165) is 0 Å². The number of sulfonamides is 1. The van der Waals surface area contributed by atoms with Crippen molar-refractivity contribution in [2.45, 2.75) is 32.2 Å². The standard InChI is InChI=1S/C9H20N2O4S/c1-3-8(10)7-11-16(13,14)6-4-5-9(12)15-2/h8,11H,3-7,10H2,1-2H3. The summed E-state index contributed by atoms with van der Waals surface area (Å²) in [7, 11) is -2.06. The minimum absolute atomic E-state index is 0.0848. The first-order valence-corrected chi connectivity index (χ1v) is 6.86. The summed E-state index contributed by atoms with van der Waals surface area (Å²) in [4.78, 5) is 10.8. The molecule has 0 amide bonds. The lowest BCUT2D eigenvalue weighted by Gasteiger charge is -2.10. The fourth-order valence-electron chi connectivity index (χ4n) is 0.959. The summed E-state index contributed by atoms with van der Waals surface area (Å²) in [5.41, 5.74) is 5.58. The molecule has 0 aromatic heterocycles. The van der Waals surface area contributed by atoms with Crippen molar-refractivity contribution < 1.29 is 17.9 Å². The van der Waals surface area contributed by atoms with Gasteiger partial charge in [0.15, 0.2) is 0 Å². The monoisotopic (exact) mass is 252 g/mol. The van der Waals surface area contributed by atoms with Gasteiger partial charge in [-0.2, -0.15) is 0 Å². The van der Waals surface area contributed by atoms with E-state index in [1.165, 1.54) is 7.11 Å². The zero-order chi connectivity index (χ0) is 12.6. The summed E-state index contributed by atoms with van der Waals surface area (Å²) in [6.07, 6.45) is 1.07. The quantitative estimate of drug-likeness (QED) is 0.572. The van der Waals surface area contributed by atoms with Crippen LogP contribution in [0.4, 0.5) is 0 Å². The van der Waals surface area contributed by atoms with Crippen LogP contribution in [0.5, 0.6) is 0 Å². The molecule has 0 bridgehead atoms. The smallest absolute Gasteiger partial charge is 0.305 e. The van der Waals surface area contributed by atoms with Gasteiger partial charge in [-0.15, -0.1) is 0 Å². The Hall–Kier alpha value is -0.660. The summed E-state index contributed by atoms with van der Waals surface area (Å²) >= 11 is 0. The van der Waals surface area contributed by atoms with Gasteiger partial charge in [-0.05, 0) is 12.8 Å². The van der Waals surface area contributed by atoms with E-state index in [2.05, 4.69) is 9.46 Å². The van der Waals surface area contributed by atoms with E-state index in [4.69, 9.17) is 5.73 Å². The average molecular weight is 252 g/mol. The fourth-order valence-corrected chi connectivity index (χ4v) is 2.10. The number of hydrogen-bond acceptors (Lipinski definition) is 5. The molecule has 0 aromatic rings. The first kappa shape index (κ1) is 15.3. The maximum atomic E-state index is 11.4. The summed E-state index contributed by atoms with van der Waals surface area (Å²) in [6.45, 7) is 2.12. The Kier molecular flexibility index (Phi) is 7.27. The highest BCUT2D eigenvalue weighted by Gasteiger charge is 2.12. The fraction of sp³-hybridized carbons (Fsp3) is 0.889. The van der Waals surface area contributed by atoms with Crippen LogP contribution in [0.15, 0.2) is 0 Å². The first-order valence-electron chi connectivity index (χ1n) is 5.21. The lowest BCUT2D eigenvalue weighted by molar-refractivity contribution is -0.140. The number of rotatable bonds is 8. The van der Waals surface area contributed by atoms with Crippen LogP contribution in [0.1, 0.15) is 26.2 Å². The predicted octanol–water partition coefficient (Wildman–Crippen LogP) is -0.404. The third-order valence-electron chi connectivity index (χ3n) is 2.11. The molecule has 96 valence electrons. The molecular formula is C9H20N2O4S. The molecule has 1 atom stereocenters. The minimum atomic E-state index is -3.33.